The van der Waals surface area contributed by atoms with Crippen LogP contribution in [0.3, 0.4) is 0 Å². The fourth-order valence-electron chi connectivity index (χ4n) is 2.00. The van der Waals surface area contributed by atoms with Crippen molar-refractivity contribution in [2.45, 2.75) is 50.9 Å². The first-order valence-corrected chi connectivity index (χ1v) is 8.39. The Balaban J connectivity index is 2.20. The molecule has 1 atom stereocenters. The van der Waals surface area contributed by atoms with Gasteiger partial charge >= 0.3 is 0 Å². The standard InChI is InChI=1S/C14H25N5S/c1-5-15-12-16-13(19-8-6-7-9-19)18-14(17-12)20-11(4)10(2)3/h10-11H,5-9H2,1-4H3,(H,15,16,17,18). The van der Waals surface area contributed by atoms with Crippen LogP contribution in [0.2, 0.25) is 0 Å². The zero-order valence-electron chi connectivity index (χ0n) is 12.9. The summed E-state index contributed by atoms with van der Waals surface area (Å²) < 4.78 is 0. The Morgan fingerprint density at radius 3 is 2.45 bits per heavy atom. The van der Waals surface area contributed by atoms with Crippen LogP contribution in [-0.2, 0) is 0 Å². The van der Waals surface area contributed by atoms with Crippen LogP contribution < -0.4 is 10.2 Å². The highest BCUT2D eigenvalue weighted by Gasteiger charge is 2.19. The van der Waals surface area contributed by atoms with E-state index >= 15 is 0 Å². The number of aromatic nitrogens is 3. The Hall–Kier alpha value is -1.04. The molecule has 1 unspecified atom stereocenters. The summed E-state index contributed by atoms with van der Waals surface area (Å²) in [7, 11) is 0. The lowest BCUT2D eigenvalue weighted by molar-refractivity contribution is 0.639. The fourth-order valence-corrected chi connectivity index (χ4v) is 2.87. The normalized spacial score (nSPS) is 16.8. The minimum atomic E-state index is 0.498. The van der Waals surface area contributed by atoms with Gasteiger partial charge in [0.15, 0.2) is 5.16 Å². The third-order valence-corrected chi connectivity index (χ3v) is 4.87. The van der Waals surface area contributed by atoms with E-state index in [0.717, 1.165) is 30.7 Å². The zero-order chi connectivity index (χ0) is 14.5. The van der Waals surface area contributed by atoms with Gasteiger partial charge in [0.05, 0.1) is 0 Å². The summed E-state index contributed by atoms with van der Waals surface area (Å²) in [5.74, 6) is 2.13. The molecule has 6 heteroatoms. The number of rotatable bonds is 6. The molecule has 0 aromatic carbocycles. The average Bonchev–Trinajstić information content (AvgIpc) is 2.92. The number of hydrogen-bond donors (Lipinski definition) is 1. The van der Waals surface area contributed by atoms with Crippen LogP contribution in [0.15, 0.2) is 5.16 Å². The predicted molar refractivity (Wildman–Crippen MR) is 85.6 cm³/mol. The van der Waals surface area contributed by atoms with Crippen molar-refractivity contribution in [3.05, 3.63) is 0 Å². The van der Waals surface area contributed by atoms with E-state index in [1.54, 1.807) is 11.8 Å². The molecule has 0 aliphatic carbocycles. The third-order valence-electron chi connectivity index (χ3n) is 3.56. The summed E-state index contributed by atoms with van der Waals surface area (Å²) in [4.78, 5) is 16.0. The smallest absolute Gasteiger partial charge is 0.231 e. The maximum Gasteiger partial charge on any atom is 0.231 e. The second-order valence-corrected chi connectivity index (χ2v) is 6.88. The molecule has 0 saturated carbocycles. The molecule has 2 rings (SSSR count). The summed E-state index contributed by atoms with van der Waals surface area (Å²) in [6.45, 7) is 11.7. The van der Waals surface area contributed by atoms with Crippen molar-refractivity contribution in [3.63, 3.8) is 0 Å². The van der Waals surface area contributed by atoms with Gasteiger partial charge in [-0.25, -0.2) is 0 Å². The summed E-state index contributed by atoms with van der Waals surface area (Å²) in [6, 6.07) is 0. The molecule has 1 aliphatic heterocycles. The summed E-state index contributed by atoms with van der Waals surface area (Å²) in [6.07, 6.45) is 2.46. The Kier molecular flexibility index (Phi) is 5.46. The van der Waals surface area contributed by atoms with Gasteiger partial charge < -0.3 is 10.2 Å². The van der Waals surface area contributed by atoms with Gasteiger partial charge in [0, 0.05) is 24.9 Å². The molecule has 0 radical (unpaired) electrons. The van der Waals surface area contributed by atoms with E-state index in [2.05, 4.69) is 52.9 Å². The molecule has 2 heterocycles. The van der Waals surface area contributed by atoms with Gasteiger partial charge in [-0.3, -0.25) is 0 Å². The van der Waals surface area contributed by atoms with Crippen molar-refractivity contribution in [1.29, 1.82) is 0 Å². The van der Waals surface area contributed by atoms with Crippen LogP contribution in [0.25, 0.3) is 0 Å². The monoisotopic (exact) mass is 295 g/mol. The lowest BCUT2D eigenvalue weighted by Crippen LogP contribution is -2.22. The summed E-state index contributed by atoms with van der Waals surface area (Å²) in [5, 5.41) is 4.54. The van der Waals surface area contributed by atoms with Crippen molar-refractivity contribution >= 4 is 23.7 Å². The molecule has 112 valence electrons. The Bertz CT molecular complexity index is 432. The highest BCUT2D eigenvalue weighted by atomic mass is 32.2. The highest BCUT2D eigenvalue weighted by molar-refractivity contribution is 7.99. The lowest BCUT2D eigenvalue weighted by atomic mass is 10.2. The van der Waals surface area contributed by atoms with E-state index in [1.165, 1.54) is 12.8 Å². The van der Waals surface area contributed by atoms with Crippen molar-refractivity contribution in [3.8, 4) is 0 Å². The minimum absolute atomic E-state index is 0.498. The van der Waals surface area contributed by atoms with Crippen molar-refractivity contribution in [2.24, 2.45) is 5.92 Å². The Labute approximate surface area is 126 Å². The fraction of sp³-hybridized carbons (Fsp3) is 0.786. The lowest BCUT2D eigenvalue weighted by Gasteiger charge is -2.18. The predicted octanol–water partition coefficient (Wildman–Crippen LogP) is 3.04. The molecule has 1 aromatic rings. The van der Waals surface area contributed by atoms with Crippen LogP contribution >= 0.6 is 11.8 Å². The molecule has 5 nitrogen and oxygen atoms in total. The van der Waals surface area contributed by atoms with Gasteiger partial charge in [0.1, 0.15) is 0 Å². The molecule has 1 aliphatic rings. The van der Waals surface area contributed by atoms with E-state index in [0.29, 0.717) is 17.1 Å². The van der Waals surface area contributed by atoms with Gasteiger partial charge in [-0.2, -0.15) is 15.0 Å². The third kappa shape index (κ3) is 3.98. The number of nitrogens with one attached hydrogen (secondary N) is 1. The van der Waals surface area contributed by atoms with E-state index in [4.69, 9.17) is 0 Å². The minimum Gasteiger partial charge on any atom is -0.354 e. The molecule has 1 fully saturated rings. The van der Waals surface area contributed by atoms with E-state index in [9.17, 15) is 0 Å². The Morgan fingerprint density at radius 1 is 1.15 bits per heavy atom. The molecule has 1 N–H and O–H groups in total. The van der Waals surface area contributed by atoms with Gasteiger partial charge in [-0.05, 0) is 25.7 Å². The highest BCUT2D eigenvalue weighted by Crippen LogP contribution is 2.27. The molecular formula is C14H25N5S. The van der Waals surface area contributed by atoms with Crippen LogP contribution in [0, 0.1) is 5.92 Å². The maximum absolute atomic E-state index is 4.65. The van der Waals surface area contributed by atoms with Crippen molar-refractivity contribution in [1.82, 2.24) is 15.0 Å². The first-order valence-electron chi connectivity index (χ1n) is 7.51. The van der Waals surface area contributed by atoms with Gasteiger partial charge in [0.2, 0.25) is 11.9 Å². The maximum atomic E-state index is 4.65. The molecule has 1 saturated heterocycles. The Morgan fingerprint density at radius 2 is 1.85 bits per heavy atom. The van der Waals surface area contributed by atoms with Crippen LogP contribution in [0.1, 0.15) is 40.5 Å². The zero-order valence-corrected chi connectivity index (χ0v) is 13.7. The topological polar surface area (TPSA) is 53.9 Å². The van der Waals surface area contributed by atoms with E-state index in [1.807, 2.05) is 0 Å². The second kappa shape index (κ2) is 7.11. The van der Waals surface area contributed by atoms with E-state index in [-0.39, 0.29) is 0 Å². The van der Waals surface area contributed by atoms with Crippen molar-refractivity contribution in [2.75, 3.05) is 29.9 Å². The quantitative estimate of drug-likeness (QED) is 0.814. The molecule has 1 aromatic heterocycles. The average molecular weight is 295 g/mol. The second-order valence-electron chi connectivity index (χ2n) is 5.53. The van der Waals surface area contributed by atoms with E-state index < -0.39 is 0 Å². The number of anilines is 2. The molecule has 0 amide bonds. The van der Waals surface area contributed by atoms with Gasteiger partial charge in [-0.1, -0.05) is 32.5 Å². The first-order chi connectivity index (χ1) is 9.60. The van der Waals surface area contributed by atoms with Crippen LogP contribution in [-0.4, -0.2) is 39.8 Å². The number of hydrogen-bond acceptors (Lipinski definition) is 6. The number of thioether (sulfide) groups is 1. The summed E-state index contributed by atoms with van der Waals surface area (Å²) in [5.41, 5.74) is 0. The molecule has 0 spiro atoms. The first kappa shape index (κ1) is 15.4. The molecule has 20 heavy (non-hydrogen) atoms. The van der Waals surface area contributed by atoms with Gasteiger partial charge in [-0.15, -0.1) is 0 Å². The SMILES string of the molecule is CCNc1nc(SC(C)C(C)C)nc(N2CCCC2)n1. The van der Waals surface area contributed by atoms with Crippen LogP contribution in [0.5, 0.6) is 0 Å². The molecular weight excluding hydrogens is 270 g/mol. The van der Waals surface area contributed by atoms with Crippen LogP contribution in [0.4, 0.5) is 11.9 Å². The van der Waals surface area contributed by atoms with Gasteiger partial charge in [0.25, 0.3) is 0 Å². The molecule has 0 bridgehead atoms. The van der Waals surface area contributed by atoms with Crippen molar-refractivity contribution < 1.29 is 0 Å². The largest absolute Gasteiger partial charge is 0.354 e. The summed E-state index contributed by atoms with van der Waals surface area (Å²) >= 11 is 1.74. The number of nitrogens with zero attached hydrogens (tertiary/aromatic N) is 4.